The molecule has 0 saturated heterocycles. The molecule has 0 bridgehead atoms. The summed E-state index contributed by atoms with van der Waals surface area (Å²) in [4.78, 5) is 12.2. The molecular weight excluding hydrogens is 350 g/mol. The molecule has 0 radical (unpaired) electrons. The van der Waals surface area contributed by atoms with Crippen molar-refractivity contribution in [1.82, 2.24) is 5.43 Å². The summed E-state index contributed by atoms with van der Waals surface area (Å²) in [5.41, 5.74) is 6.69. The number of hydrogen-bond donors (Lipinski definition) is 2. The van der Waals surface area contributed by atoms with Crippen LogP contribution in [0.4, 0.5) is 5.69 Å². The van der Waals surface area contributed by atoms with E-state index in [1.54, 1.807) is 20.2 Å². The summed E-state index contributed by atoms with van der Waals surface area (Å²) in [5.74, 6) is 0.978. The average molecular weight is 380 g/mol. The van der Waals surface area contributed by atoms with Crippen LogP contribution in [-0.4, -0.2) is 25.3 Å². The number of carbonyl (C=O) groups is 1. The quantitative estimate of drug-likeness (QED) is 0.510. The van der Waals surface area contributed by atoms with Gasteiger partial charge in [-0.15, -0.1) is 0 Å². The molecule has 0 aliphatic rings. The summed E-state index contributed by atoms with van der Waals surface area (Å²) >= 11 is 0. The Kier molecular flexibility index (Phi) is 7.81. The fourth-order valence-corrected chi connectivity index (χ4v) is 2.63. The van der Waals surface area contributed by atoms with Crippen LogP contribution in [0.5, 0.6) is 5.75 Å². The number of methoxy groups -OCH3 is 1. The van der Waals surface area contributed by atoms with Crippen LogP contribution in [0.15, 0.2) is 59.2 Å². The molecule has 0 aromatic heterocycles. The lowest BCUT2D eigenvalue weighted by Crippen LogP contribution is -2.35. The Bertz CT molecular complexity index is 839. The summed E-state index contributed by atoms with van der Waals surface area (Å²) < 4.78 is 5.28. The van der Waals surface area contributed by atoms with Gasteiger partial charge in [0.2, 0.25) is 0 Å². The monoisotopic (exact) mass is 379 g/mol. The van der Waals surface area contributed by atoms with Crippen LogP contribution in [0, 0.1) is 0 Å². The van der Waals surface area contributed by atoms with Crippen LogP contribution >= 0.6 is 0 Å². The number of amides is 1. The van der Waals surface area contributed by atoms with Crippen molar-refractivity contribution in [2.45, 2.75) is 39.7 Å². The molecule has 1 atom stereocenters. The molecule has 0 fully saturated rings. The maximum atomic E-state index is 12.2. The Morgan fingerprint density at radius 1 is 1.07 bits per heavy atom. The average Bonchev–Trinajstić information content (AvgIpc) is 2.68. The number of anilines is 1. The molecule has 2 N–H and O–H groups in total. The molecule has 1 amide bonds. The van der Waals surface area contributed by atoms with Gasteiger partial charge in [-0.25, -0.2) is 5.43 Å². The first kappa shape index (κ1) is 21.2. The Morgan fingerprint density at radius 3 is 2.39 bits per heavy atom. The van der Waals surface area contributed by atoms with Gasteiger partial charge in [0, 0.05) is 0 Å². The summed E-state index contributed by atoms with van der Waals surface area (Å²) in [6.45, 7) is 8.07. The van der Waals surface area contributed by atoms with Crippen LogP contribution in [0.3, 0.4) is 0 Å². The predicted octanol–water partition coefficient (Wildman–Crippen LogP) is 4.82. The summed E-state index contributed by atoms with van der Waals surface area (Å²) in [7, 11) is 1.60. The van der Waals surface area contributed by atoms with E-state index in [9.17, 15) is 4.79 Å². The van der Waals surface area contributed by atoms with E-state index in [0.717, 1.165) is 16.8 Å². The minimum Gasteiger partial charge on any atom is -0.495 e. The van der Waals surface area contributed by atoms with Crippen molar-refractivity contribution in [1.29, 1.82) is 0 Å². The zero-order chi connectivity index (χ0) is 20.5. The van der Waals surface area contributed by atoms with Crippen molar-refractivity contribution in [3.8, 4) is 5.75 Å². The van der Waals surface area contributed by atoms with Gasteiger partial charge in [0.25, 0.3) is 5.91 Å². The van der Waals surface area contributed by atoms with E-state index in [-0.39, 0.29) is 5.91 Å². The highest BCUT2D eigenvalue weighted by molar-refractivity contribution is 5.88. The summed E-state index contributed by atoms with van der Waals surface area (Å²) in [6, 6.07) is 15.5. The number of para-hydroxylation sites is 2. The molecule has 0 spiro atoms. The van der Waals surface area contributed by atoms with Gasteiger partial charge in [0.05, 0.1) is 19.0 Å². The smallest absolute Gasteiger partial charge is 0.262 e. The molecule has 2 aromatic rings. The van der Waals surface area contributed by atoms with Gasteiger partial charge in [-0.1, -0.05) is 56.3 Å². The van der Waals surface area contributed by atoms with E-state index in [4.69, 9.17) is 4.74 Å². The van der Waals surface area contributed by atoms with Crippen molar-refractivity contribution >= 4 is 23.9 Å². The number of ether oxygens (including phenoxy) is 1. The largest absolute Gasteiger partial charge is 0.495 e. The predicted molar refractivity (Wildman–Crippen MR) is 117 cm³/mol. The normalized spacial score (nSPS) is 12.9. The van der Waals surface area contributed by atoms with E-state index >= 15 is 0 Å². The Hall–Kier alpha value is -3.08. The third-order valence-electron chi connectivity index (χ3n) is 4.31. The number of hydrogen-bond acceptors (Lipinski definition) is 4. The van der Waals surface area contributed by atoms with E-state index in [1.807, 2.05) is 37.3 Å². The molecule has 5 heteroatoms. The molecule has 2 aromatic carbocycles. The van der Waals surface area contributed by atoms with Crippen LogP contribution in [0.25, 0.3) is 6.08 Å². The van der Waals surface area contributed by atoms with Gasteiger partial charge in [-0.2, -0.15) is 5.10 Å². The number of carbonyl (C=O) groups excluding carboxylic acids is 1. The molecular formula is C23H29N3O2. The second-order valence-corrected chi connectivity index (χ2v) is 7.01. The molecule has 0 unspecified atom stereocenters. The van der Waals surface area contributed by atoms with E-state index < -0.39 is 6.04 Å². The maximum Gasteiger partial charge on any atom is 0.262 e. The van der Waals surface area contributed by atoms with Crippen LogP contribution in [-0.2, 0) is 4.79 Å². The fourth-order valence-electron chi connectivity index (χ4n) is 2.63. The Balaban J connectivity index is 1.90. The van der Waals surface area contributed by atoms with Crippen molar-refractivity contribution in [3.05, 3.63) is 65.2 Å². The van der Waals surface area contributed by atoms with E-state index in [1.165, 1.54) is 5.56 Å². The standard InChI is InChI=1S/C23H29N3O2/c1-16(2)20-12-10-19(11-13-20)14-17(3)15-24-26-23(27)18(4)25-21-8-6-7-9-22(21)28-5/h6-16,18,25H,1-5H3,(H,26,27)/b17-14-,24-15?/t18-/m0/s1. The molecule has 0 heterocycles. The molecule has 0 saturated carbocycles. The minimum absolute atomic E-state index is 0.226. The SMILES string of the molecule is COc1ccccc1N[C@@H](C)C(=O)NN=C/C(C)=C\c1ccc(C(C)C)cc1. The van der Waals surface area contributed by atoms with Gasteiger partial charge >= 0.3 is 0 Å². The maximum absolute atomic E-state index is 12.2. The molecule has 28 heavy (non-hydrogen) atoms. The Labute approximate surface area is 167 Å². The number of allylic oxidation sites excluding steroid dienone is 1. The van der Waals surface area contributed by atoms with Gasteiger partial charge in [-0.05, 0) is 48.6 Å². The van der Waals surface area contributed by atoms with Gasteiger partial charge in [0.15, 0.2) is 0 Å². The number of nitrogens with zero attached hydrogens (tertiary/aromatic N) is 1. The second kappa shape index (κ2) is 10.3. The third-order valence-corrected chi connectivity index (χ3v) is 4.31. The number of hydrazone groups is 1. The van der Waals surface area contributed by atoms with Crippen molar-refractivity contribution in [2.75, 3.05) is 12.4 Å². The Morgan fingerprint density at radius 2 is 1.75 bits per heavy atom. The van der Waals surface area contributed by atoms with Gasteiger partial charge in [0.1, 0.15) is 11.8 Å². The molecule has 0 aliphatic carbocycles. The van der Waals surface area contributed by atoms with Gasteiger partial charge < -0.3 is 10.1 Å². The zero-order valence-electron chi connectivity index (χ0n) is 17.2. The van der Waals surface area contributed by atoms with Crippen molar-refractivity contribution in [2.24, 2.45) is 5.10 Å². The van der Waals surface area contributed by atoms with E-state index in [2.05, 4.69) is 54.0 Å². The summed E-state index contributed by atoms with van der Waals surface area (Å²) in [6.07, 6.45) is 3.67. The van der Waals surface area contributed by atoms with Crippen LogP contribution in [0.2, 0.25) is 0 Å². The first-order chi connectivity index (χ1) is 13.4. The lowest BCUT2D eigenvalue weighted by atomic mass is 10.0. The second-order valence-electron chi connectivity index (χ2n) is 7.01. The zero-order valence-corrected chi connectivity index (χ0v) is 17.2. The van der Waals surface area contributed by atoms with Gasteiger partial charge in [-0.3, -0.25) is 4.79 Å². The number of rotatable bonds is 8. The van der Waals surface area contributed by atoms with Crippen molar-refractivity contribution in [3.63, 3.8) is 0 Å². The van der Waals surface area contributed by atoms with Crippen molar-refractivity contribution < 1.29 is 9.53 Å². The molecule has 2 rings (SSSR count). The lowest BCUT2D eigenvalue weighted by molar-refractivity contribution is -0.121. The first-order valence-electron chi connectivity index (χ1n) is 9.41. The van der Waals surface area contributed by atoms with E-state index in [0.29, 0.717) is 11.7 Å². The highest BCUT2D eigenvalue weighted by Crippen LogP contribution is 2.23. The highest BCUT2D eigenvalue weighted by atomic mass is 16.5. The fraction of sp³-hybridized carbons (Fsp3) is 0.304. The minimum atomic E-state index is -0.457. The molecule has 5 nitrogen and oxygen atoms in total. The van der Waals surface area contributed by atoms with Crippen LogP contribution in [0.1, 0.15) is 44.7 Å². The molecule has 0 aliphatic heterocycles. The summed E-state index contributed by atoms with van der Waals surface area (Å²) in [5, 5.41) is 7.18. The molecule has 148 valence electrons. The number of nitrogens with one attached hydrogen (secondary N) is 2. The topological polar surface area (TPSA) is 62.7 Å². The van der Waals surface area contributed by atoms with Crippen LogP contribution < -0.4 is 15.5 Å². The third kappa shape index (κ3) is 6.27. The lowest BCUT2D eigenvalue weighted by Gasteiger charge is -2.15. The first-order valence-corrected chi connectivity index (χ1v) is 9.41. The highest BCUT2D eigenvalue weighted by Gasteiger charge is 2.13. The number of benzene rings is 2.